The first-order valence-corrected chi connectivity index (χ1v) is 8.95. The Kier molecular flexibility index (Phi) is 7.65. The second kappa shape index (κ2) is 10.2. The molecule has 0 atom stereocenters. The fraction of sp³-hybridized carbons (Fsp3) is 0.300. The minimum Gasteiger partial charge on any atom is -0.382 e. The number of anilines is 1. The van der Waals surface area contributed by atoms with Gasteiger partial charge >= 0.3 is 0 Å². The molecule has 2 rings (SSSR count). The molecular formula is C20H23N3O5. The molecular weight excluding hydrogens is 362 g/mol. The number of benzene rings is 2. The second-order valence-electron chi connectivity index (χ2n) is 6.06. The molecule has 0 saturated carbocycles. The summed E-state index contributed by atoms with van der Waals surface area (Å²) in [6.45, 7) is 5.13. The topological polar surface area (TPSA) is 111 Å². The third-order valence-corrected chi connectivity index (χ3v) is 4.03. The van der Waals surface area contributed by atoms with Gasteiger partial charge in [0, 0.05) is 37.0 Å². The van der Waals surface area contributed by atoms with Crippen LogP contribution < -0.4 is 10.6 Å². The number of nitrogens with zero attached hydrogens (tertiary/aromatic N) is 1. The highest BCUT2D eigenvalue weighted by Crippen LogP contribution is 2.21. The Labute approximate surface area is 163 Å². The van der Waals surface area contributed by atoms with Gasteiger partial charge in [-0.05, 0) is 44.5 Å². The summed E-state index contributed by atoms with van der Waals surface area (Å²) in [7, 11) is 0. The van der Waals surface area contributed by atoms with E-state index in [1.165, 1.54) is 18.2 Å². The highest BCUT2D eigenvalue weighted by molar-refractivity contribution is 6.09. The normalized spacial score (nSPS) is 10.4. The van der Waals surface area contributed by atoms with Crippen molar-refractivity contribution < 1.29 is 19.2 Å². The number of ether oxygens (including phenoxy) is 1. The summed E-state index contributed by atoms with van der Waals surface area (Å²) < 4.78 is 5.23. The minimum atomic E-state index is -0.498. The molecule has 0 bridgehead atoms. The van der Waals surface area contributed by atoms with E-state index in [0.29, 0.717) is 43.0 Å². The zero-order valence-electron chi connectivity index (χ0n) is 15.9. The number of amides is 2. The lowest BCUT2D eigenvalue weighted by molar-refractivity contribution is -0.385. The molecule has 0 aliphatic carbocycles. The predicted molar refractivity (Wildman–Crippen MR) is 106 cm³/mol. The number of nitro benzene ring substituents is 1. The van der Waals surface area contributed by atoms with Gasteiger partial charge in [-0.15, -0.1) is 0 Å². The molecule has 2 amide bonds. The Hall–Kier alpha value is -3.26. The molecule has 0 saturated heterocycles. The van der Waals surface area contributed by atoms with Gasteiger partial charge in [0.15, 0.2) is 0 Å². The van der Waals surface area contributed by atoms with E-state index in [1.54, 1.807) is 31.2 Å². The molecule has 0 fully saturated rings. The Bertz CT molecular complexity index is 867. The number of nitro groups is 1. The van der Waals surface area contributed by atoms with E-state index < -0.39 is 10.8 Å². The fourth-order valence-corrected chi connectivity index (χ4v) is 2.60. The summed E-state index contributed by atoms with van der Waals surface area (Å²) in [4.78, 5) is 35.4. The maximum absolute atomic E-state index is 12.5. The zero-order valence-corrected chi connectivity index (χ0v) is 15.9. The van der Waals surface area contributed by atoms with E-state index in [4.69, 9.17) is 4.74 Å². The molecule has 2 aromatic carbocycles. The highest BCUT2D eigenvalue weighted by Gasteiger charge is 2.16. The van der Waals surface area contributed by atoms with Gasteiger partial charge in [0.1, 0.15) is 0 Å². The van der Waals surface area contributed by atoms with E-state index in [9.17, 15) is 19.7 Å². The summed E-state index contributed by atoms with van der Waals surface area (Å²) in [6, 6.07) is 10.8. The molecule has 2 N–H and O–H groups in total. The number of hydrogen-bond donors (Lipinski definition) is 2. The molecule has 0 aromatic heterocycles. The quantitative estimate of drug-likeness (QED) is 0.391. The Morgan fingerprint density at radius 3 is 2.57 bits per heavy atom. The van der Waals surface area contributed by atoms with Crippen LogP contribution in [-0.4, -0.2) is 36.5 Å². The third-order valence-electron chi connectivity index (χ3n) is 4.03. The van der Waals surface area contributed by atoms with Crippen molar-refractivity contribution in [3.63, 3.8) is 0 Å². The summed E-state index contributed by atoms with van der Waals surface area (Å²) >= 11 is 0. The molecule has 0 aliphatic heterocycles. The lowest BCUT2D eigenvalue weighted by Gasteiger charge is -2.12. The van der Waals surface area contributed by atoms with Crippen LogP contribution in [-0.2, 0) is 4.74 Å². The molecule has 0 aliphatic rings. The number of nitrogens with one attached hydrogen (secondary N) is 2. The van der Waals surface area contributed by atoms with Crippen LogP contribution in [0.5, 0.6) is 0 Å². The van der Waals surface area contributed by atoms with Gasteiger partial charge in [0.05, 0.1) is 16.2 Å². The van der Waals surface area contributed by atoms with Crippen LogP contribution in [0.1, 0.15) is 39.6 Å². The summed E-state index contributed by atoms with van der Waals surface area (Å²) in [6.07, 6.45) is 0.691. The van der Waals surface area contributed by atoms with Crippen LogP contribution in [0.4, 0.5) is 11.4 Å². The number of hydrogen-bond acceptors (Lipinski definition) is 5. The molecule has 148 valence electrons. The lowest BCUT2D eigenvalue weighted by atomic mass is 10.1. The minimum absolute atomic E-state index is 0.0524. The van der Waals surface area contributed by atoms with E-state index in [0.717, 1.165) is 0 Å². The SMILES string of the molecule is CCOCCCNC(=O)c1ccccc1NC(=O)c1ccc([N+](=O)[O-])c(C)c1. The van der Waals surface area contributed by atoms with Crippen LogP contribution >= 0.6 is 0 Å². The Morgan fingerprint density at radius 1 is 1.14 bits per heavy atom. The first-order chi connectivity index (χ1) is 13.4. The van der Waals surface area contributed by atoms with Crippen molar-refractivity contribution in [1.82, 2.24) is 5.32 Å². The van der Waals surface area contributed by atoms with Crippen molar-refractivity contribution >= 4 is 23.2 Å². The Morgan fingerprint density at radius 2 is 1.89 bits per heavy atom. The van der Waals surface area contributed by atoms with Crippen LogP contribution in [0.2, 0.25) is 0 Å². The zero-order chi connectivity index (χ0) is 20.5. The van der Waals surface area contributed by atoms with Crippen LogP contribution in [0.3, 0.4) is 0 Å². The number of carbonyl (C=O) groups is 2. The number of rotatable bonds is 9. The standard InChI is InChI=1S/C20H23N3O5/c1-3-28-12-6-11-21-20(25)16-7-4-5-8-17(16)22-19(24)15-9-10-18(23(26)27)14(2)13-15/h4-5,7-10,13H,3,6,11-12H2,1-2H3,(H,21,25)(H,22,24). The fourth-order valence-electron chi connectivity index (χ4n) is 2.60. The van der Waals surface area contributed by atoms with E-state index in [2.05, 4.69) is 10.6 Å². The number of carbonyl (C=O) groups excluding carboxylic acids is 2. The maximum atomic E-state index is 12.5. The monoisotopic (exact) mass is 385 g/mol. The molecule has 0 spiro atoms. The van der Waals surface area contributed by atoms with E-state index in [-0.39, 0.29) is 17.2 Å². The average Bonchev–Trinajstić information content (AvgIpc) is 2.67. The smallest absolute Gasteiger partial charge is 0.272 e. The molecule has 28 heavy (non-hydrogen) atoms. The van der Waals surface area contributed by atoms with Gasteiger partial charge in [-0.25, -0.2) is 0 Å². The Balaban J connectivity index is 2.08. The van der Waals surface area contributed by atoms with Crippen molar-refractivity contribution in [3.8, 4) is 0 Å². The van der Waals surface area contributed by atoms with Crippen molar-refractivity contribution in [2.45, 2.75) is 20.3 Å². The molecule has 0 heterocycles. The average molecular weight is 385 g/mol. The molecule has 0 radical (unpaired) electrons. The van der Waals surface area contributed by atoms with Gasteiger partial charge in [-0.1, -0.05) is 12.1 Å². The van der Waals surface area contributed by atoms with Gasteiger partial charge in [-0.2, -0.15) is 0 Å². The van der Waals surface area contributed by atoms with Gasteiger partial charge in [-0.3, -0.25) is 19.7 Å². The molecule has 2 aromatic rings. The third kappa shape index (κ3) is 5.62. The highest BCUT2D eigenvalue weighted by atomic mass is 16.6. The van der Waals surface area contributed by atoms with Crippen molar-refractivity contribution in [1.29, 1.82) is 0 Å². The maximum Gasteiger partial charge on any atom is 0.272 e. The molecule has 8 nitrogen and oxygen atoms in total. The number of aryl methyl sites for hydroxylation is 1. The van der Waals surface area contributed by atoms with Crippen LogP contribution in [0.15, 0.2) is 42.5 Å². The lowest BCUT2D eigenvalue weighted by Crippen LogP contribution is -2.26. The largest absolute Gasteiger partial charge is 0.382 e. The van der Waals surface area contributed by atoms with Crippen molar-refractivity contribution in [3.05, 3.63) is 69.3 Å². The van der Waals surface area contributed by atoms with E-state index >= 15 is 0 Å². The molecule has 8 heteroatoms. The van der Waals surface area contributed by atoms with E-state index in [1.807, 2.05) is 6.92 Å². The second-order valence-corrected chi connectivity index (χ2v) is 6.06. The number of para-hydroxylation sites is 1. The van der Waals surface area contributed by atoms with Gasteiger partial charge in [0.2, 0.25) is 0 Å². The van der Waals surface area contributed by atoms with Crippen molar-refractivity contribution in [2.24, 2.45) is 0 Å². The van der Waals surface area contributed by atoms with Crippen LogP contribution in [0, 0.1) is 17.0 Å². The molecule has 0 unspecified atom stereocenters. The summed E-state index contributed by atoms with van der Waals surface area (Å²) in [5, 5.41) is 16.4. The van der Waals surface area contributed by atoms with Gasteiger partial charge in [0.25, 0.3) is 17.5 Å². The summed E-state index contributed by atoms with van der Waals surface area (Å²) in [5.74, 6) is -0.748. The summed E-state index contributed by atoms with van der Waals surface area (Å²) in [5.41, 5.74) is 1.31. The first-order valence-electron chi connectivity index (χ1n) is 8.95. The predicted octanol–water partition coefficient (Wildman–Crippen LogP) is 3.31. The van der Waals surface area contributed by atoms with Crippen molar-refractivity contribution in [2.75, 3.05) is 25.1 Å². The first kappa shape index (κ1) is 21.0. The van der Waals surface area contributed by atoms with Crippen LogP contribution in [0.25, 0.3) is 0 Å². The van der Waals surface area contributed by atoms with Gasteiger partial charge < -0.3 is 15.4 Å².